The Hall–Kier alpha value is -0.670. The minimum Gasteiger partial charge on any atom is -0.350 e. The van der Waals surface area contributed by atoms with Crippen molar-refractivity contribution in [2.75, 3.05) is 0 Å². The zero-order chi connectivity index (χ0) is 16.0. The first kappa shape index (κ1) is 15.8. The first-order chi connectivity index (χ1) is 11.0. The van der Waals surface area contributed by atoms with Gasteiger partial charge in [-0.25, -0.2) is 0 Å². The number of hydrogen-bond donors (Lipinski definition) is 1. The molecule has 1 aromatic carbocycles. The van der Waals surface area contributed by atoms with Gasteiger partial charge >= 0.3 is 0 Å². The van der Waals surface area contributed by atoms with Crippen molar-refractivity contribution in [3.8, 4) is 0 Å². The van der Waals surface area contributed by atoms with Gasteiger partial charge < -0.3 is 5.32 Å². The highest BCUT2D eigenvalue weighted by molar-refractivity contribution is 8.00. The molecule has 4 aliphatic carbocycles. The van der Waals surface area contributed by atoms with Crippen LogP contribution in [0.1, 0.15) is 45.4 Å². The van der Waals surface area contributed by atoms with E-state index in [-0.39, 0.29) is 16.7 Å². The fraction of sp³-hybridized carbons (Fsp3) is 0.632. The van der Waals surface area contributed by atoms with E-state index in [0.29, 0.717) is 0 Å². The van der Waals surface area contributed by atoms with Crippen LogP contribution in [0, 0.1) is 17.8 Å². The smallest absolute Gasteiger partial charge is 0.233 e. The summed E-state index contributed by atoms with van der Waals surface area (Å²) in [5, 5.41) is 4.14. The lowest BCUT2D eigenvalue weighted by Crippen LogP contribution is -2.60. The normalized spacial score (nSPS) is 36.0. The third-order valence-corrected chi connectivity index (χ3v) is 7.29. The molecule has 1 N–H and O–H groups in total. The Balaban J connectivity index is 1.40. The second-order valence-electron chi connectivity index (χ2n) is 7.90. The van der Waals surface area contributed by atoms with Crippen LogP contribution in [-0.2, 0) is 4.79 Å². The number of carbonyl (C=O) groups excluding carboxylic acids is 1. The van der Waals surface area contributed by atoms with Gasteiger partial charge in [-0.2, -0.15) is 0 Å². The van der Waals surface area contributed by atoms with Gasteiger partial charge in [0, 0.05) is 15.5 Å². The minimum absolute atomic E-state index is 0.0656. The highest BCUT2D eigenvalue weighted by Crippen LogP contribution is 2.55. The molecule has 0 radical (unpaired) electrons. The van der Waals surface area contributed by atoms with Crippen LogP contribution in [0.5, 0.6) is 0 Å². The summed E-state index contributed by atoms with van der Waals surface area (Å²) in [6.45, 7) is 2.01. The lowest BCUT2D eigenvalue weighted by atomic mass is 9.53. The molecular weight excluding hydrogens is 326 g/mol. The van der Waals surface area contributed by atoms with Crippen molar-refractivity contribution in [1.82, 2.24) is 5.32 Å². The fourth-order valence-corrected chi connectivity index (χ4v) is 6.39. The van der Waals surface area contributed by atoms with E-state index in [1.165, 1.54) is 38.5 Å². The predicted octanol–water partition coefficient (Wildman–Crippen LogP) is 4.91. The summed E-state index contributed by atoms with van der Waals surface area (Å²) >= 11 is 7.54. The number of amides is 1. The van der Waals surface area contributed by atoms with E-state index in [1.807, 2.05) is 31.2 Å². The maximum absolute atomic E-state index is 12.7. The largest absolute Gasteiger partial charge is 0.350 e. The van der Waals surface area contributed by atoms with Crippen LogP contribution < -0.4 is 5.32 Å². The van der Waals surface area contributed by atoms with Gasteiger partial charge in [-0.1, -0.05) is 11.6 Å². The van der Waals surface area contributed by atoms with Crippen LogP contribution in [0.4, 0.5) is 0 Å². The molecule has 0 spiro atoms. The molecule has 124 valence electrons. The highest BCUT2D eigenvalue weighted by atomic mass is 35.5. The summed E-state index contributed by atoms with van der Waals surface area (Å²) in [5.74, 6) is 2.79. The molecular formula is C19H24ClNOS. The molecule has 0 aliphatic heterocycles. The molecule has 0 saturated heterocycles. The van der Waals surface area contributed by atoms with Crippen molar-refractivity contribution in [3.05, 3.63) is 29.3 Å². The molecule has 1 amide bonds. The Morgan fingerprint density at radius 3 is 2.17 bits per heavy atom. The van der Waals surface area contributed by atoms with Gasteiger partial charge in [0.1, 0.15) is 0 Å². The summed E-state index contributed by atoms with van der Waals surface area (Å²) in [7, 11) is 0. The van der Waals surface area contributed by atoms with Crippen LogP contribution in [0.2, 0.25) is 5.02 Å². The van der Waals surface area contributed by atoms with Crippen LogP contribution in [-0.4, -0.2) is 16.7 Å². The summed E-state index contributed by atoms with van der Waals surface area (Å²) in [5.41, 5.74) is 0.112. The molecule has 0 aromatic heterocycles. The second-order valence-corrected chi connectivity index (χ2v) is 9.75. The number of thioether (sulfide) groups is 1. The molecule has 5 rings (SSSR count). The summed E-state index contributed by atoms with van der Waals surface area (Å²) < 4.78 is 0. The van der Waals surface area contributed by atoms with E-state index in [0.717, 1.165) is 27.7 Å². The second kappa shape index (κ2) is 6.00. The standard InChI is InChI=1S/C19H24ClNOS/c1-12(23-17-4-2-16(20)3-5-17)18(22)21-19-9-13-6-14(10-19)8-15(7-13)11-19/h2-5,12-15H,6-11H2,1H3,(H,21,22). The van der Waals surface area contributed by atoms with Gasteiger partial charge in [0.2, 0.25) is 5.91 Å². The quantitative estimate of drug-likeness (QED) is 0.783. The Labute approximate surface area is 147 Å². The molecule has 4 heteroatoms. The lowest BCUT2D eigenvalue weighted by Gasteiger charge is -2.57. The van der Waals surface area contributed by atoms with Crippen LogP contribution in [0.15, 0.2) is 29.2 Å². The van der Waals surface area contributed by atoms with Gasteiger partial charge in [0.15, 0.2) is 0 Å². The van der Waals surface area contributed by atoms with Crippen LogP contribution in [0.3, 0.4) is 0 Å². The van der Waals surface area contributed by atoms with Gasteiger partial charge in [-0.15, -0.1) is 11.8 Å². The van der Waals surface area contributed by atoms with Crippen LogP contribution >= 0.6 is 23.4 Å². The molecule has 0 heterocycles. The van der Waals surface area contributed by atoms with Crippen molar-refractivity contribution in [2.24, 2.45) is 17.8 Å². The molecule has 4 aliphatic rings. The number of rotatable bonds is 4. The number of nitrogens with one attached hydrogen (secondary N) is 1. The van der Waals surface area contributed by atoms with Crippen molar-refractivity contribution >= 4 is 29.3 Å². The first-order valence-corrected chi connectivity index (χ1v) is 10.0. The fourth-order valence-electron chi connectivity index (χ4n) is 5.40. The van der Waals surface area contributed by atoms with Gasteiger partial charge in [-0.3, -0.25) is 4.79 Å². The summed E-state index contributed by atoms with van der Waals surface area (Å²) in [4.78, 5) is 13.8. The van der Waals surface area contributed by atoms with Crippen molar-refractivity contribution in [1.29, 1.82) is 0 Å². The average Bonchev–Trinajstić information content (AvgIpc) is 2.47. The Morgan fingerprint density at radius 1 is 1.13 bits per heavy atom. The van der Waals surface area contributed by atoms with E-state index in [9.17, 15) is 4.79 Å². The molecule has 2 nitrogen and oxygen atoms in total. The van der Waals surface area contributed by atoms with E-state index in [2.05, 4.69) is 5.32 Å². The first-order valence-electron chi connectivity index (χ1n) is 8.76. The number of halogens is 1. The minimum atomic E-state index is -0.0656. The predicted molar refractivity (Wildman–Crippen MR) is 95.8 cm³/mol. The highest BCUT2D eigenvalue weighted by Gasteiger charge is 2.51. The number of benzene rings is 1. The maximum atomic E-state index is 12.7. The third-order valence-electron chi connectivity index (χ3n) is 5.92. The van der Waals surface area contributed by atoms with E-state index in [4.69, 9.17) is 11.6 Å². The van der Waals surface area contributed by atoms with E-state index in [1.54, 1.807) is 11.8 Å². The van der Waals surface area contributed by atoms with Crippen LogP contribution in [0.25, 0.3) is 0 Å². The zero-order valence-corrected chi connectivity index (χ0v) is 15.1. The summed E-state index contributed by atoms with van der Waals surface area (Å²) in [6.07, 6.45) is 7.85. The lowest BCUT2D eigenvalue weighted by molar-refractivity contribution is -0.126. The molecule has 23 heavy (non-hydrogen) atoms. The molecule has 1 unspecified atom stereocenters. The summed E-state index contributed by atoms with van der Waals surface area (Å²) in [6, 6.07) is 7.74. The van der Waals surface area contributed by atoms with E-state index < -0.39 is 0 Å². The number of hydrogen-bond acceptors (Lipinski definition) is 2. The van der Waals surface area contributed by atoms with Gasteiger partial charge in [0.25, 0.3) is 0 Å². The van der Waals surface area contributed by atoms with Crippen molar-refractivity contribution in [2.45, 2.75) is 61.1 Å². The molecule has 4 saturated carbocycles. The topological polar surface area (TPSA) is 29.1 Å². The Bertz CT molecular complexity index is 565. The monoisotopic (exact) mass is 349 g/mol. The van der Waals surface area contributed by atoms with Crippen molar-refractivity contribution < 1.29 is 4.79 Å². The average molecular weight is 350 g/mol. The molecule has 4 bridgehead atoms. The molecule has 1 atom stereocenters. The van der Waals surface area contributed by atoms with Gasteiger partial charge in [-0.05, 0) is 87.5 Å². The zero-order valence-electron chi connectivity index (χ0n) is 13.6. The SMILES string of the molecule is CC(Sc1ccc(Cl)cc1)C(=O)NC12CC3CC(CC(C3)C1)C2. The Morgan fingerprint density at radius 2 is 1.65 bits per heavy atom. The van der Waals surface area contributed by atoms with E-state index >= 15 is 0 Å². The number of carbonyl (C=O) groups is 1. The van der Waals surface area contributed by atoms with Crippen molar-refractivity contribution in [3.63, 3.8) is 0 Å². The molecule has 4 fully saturated rings. The maximum Gasteiger partial charge on any atom is 0.233 e. The Kier molecular flexibility index (Phi) is 4.13. The van der Waals surface area contributed by atoms with Gasteiger partial charge in [0.05, 0.1) is 5.25 Å². The molecule has 1 aromatic rings. The third kappa shape index (κ3) is 3.28.